The first kappa shape index (κ1) is 22.8. The van der Waals surface area contributed by atoms with E-state index >= 15 is 0 Å². The molecular weight excluding hydrogens is 431 g/mol. The zero-order valence-electron chi connectivity index (χ0n) is 15.6. The third kappa shape index (κ3) is 4.91. The molecule has 0 unspecified atom stereocenters. The Balaban J connectivity index is 2.42. The van der Waals surface area contributed by atoms with E-state index in [0.717, 1.165) is 6.07 Å². The minimum atomic E-state index is -4.64. The van der Waals surface area contributed by atoms with Gasteiger partial charge in [0.2, 0.25) is 9.84 Å². The second-order valence-corrected chi connectivity index (χ2v) is 8.23. The normalized spacial score (nSPS) is 12.6. The van der Waals surface area contributed by atoms with E-state index < -0.39 is 37.4 Å². The molecule has 2 rings (SSSR count). The van der Waals surface area contributed by atoms with Crippen molar-refractivity contribution in [2.75, 3.05) is 7.05 Å². The molecule has 0 atom stereocenters. The van der Waals surface area contributed by atoms with Gasteiger partial charge in [0.1, 0.15) is 5.75 Å². The van der Waals surface area contributed by atoms with Crippen LogP contribution in [0.5, 0.6) is 5.75 Å². The quantitative estimate of drug-likeness (QED) is 0.540. The molecule has 0 aliphatic heterocycles. The third-order valence-corrected chi connectivity index (χ3v) is 6.17. The van der Waals surface area contributed by atoms with Gasteiger partial charge in [-0.1, -0.05) is 11.6 Å². The van der Waals surface area contributed by atoms with E-state index in [9.17, 15) is 26.4 Å². The number of halogens is 4. The Bertz CT molecular complexity index is 1080. The molecule has 0 saturated heterocycles. The van der Waals surface area contributed by atoms with Crippen molar-refractivity contribution in [1.29, 1.82) is 0 Å². The third-order valence-electron chi connectivity index (χ3n) is 3.94. The van der Waals surface area contributed by atoms with Crippen LogP contribution >= 0.6 is 11.6 Å². The molecule has 1 amide bonds. The molecule has 0 aromatic heterocycles. The average molecular weight is 448 g/mol. The summed E-state index contributed by atoms with van der Waals surface area (Å²) in [7, 11) is -2.74. The lowest BCUT2D eigenvalue weighted by molar-refractivity contribution is -0.137. The molecule has 0 heterocycles. The first-order valence-corrected chi connectivity index (χ1v) is 10.1. The molecule has 5 nitrogen and oxygen atoms in total. The Morgan fingerprint density at radius 1 is 1.17 bits per heavy atom. The molecule has 0 saturated carbocycles. The summed E-state index contributed by atoms with van der Waals surface area (Å²) in [4.78, 5) is 11.1. The monoisotopic (exact) mass is 447 g/mol. The van der Waals surface area contributed by atoms with Gasteiger partial charge < -0.3 is 10.1 Å². The van der Waals surface area contributed by atoms with Crippen LogP contribution in [0, 0.1) is 6.92 Å². The van der Waals surface area contributed by atoms with E-state index in [1.165, 1.54) is 31.3 Å². The fraction of sp³-hybridized carbons (Fsp3) is 0.211. The summed E-state index contributed by atoms with van der Waals surface area (Å²) in [5, 5.41) is 1.88. The maximum absolute atomic E-state index is 12.8. The lowest BCUT2D eigenvalue weighted by Gasteiger charge is -2.14. The molecule has 156 valence electrons. The van der Waals surface area contributed by atoms with Crippen molar-refractivity contribution in [3.63, 3.8) is 0 Å². The van der Waals surface area contributed by atoms with Gasteiger partial charge >= 0.3 is 6.18 Å². The summed E-state index contributed by atoms with van der Waals surface area (Å²) in [6, 6.07) is 5.92. The molecule has 0 fully saturated rings. The zero-order chi connectivity index (χ0) is 22.0. The van der Waals surface area contributed by atoms with Gasteiger partial charge in [-0.05, 0) is 61.9 Å². The summed E-state index contributed by atoms with van der Waals surface area (Å²) >= 11 is 5.82. The van der Waals surface area contributed by atoms with Crippen molar-refractivity contribution < 1.29 is 31.1 Å². The van der Waals surface area contributed by atoms with Gasteiger partial charge in [-0.15, -0.1) is 0 Å². The number of carbonyl (C=O) groups excluding carboxylic acids is 1. The molecule has 0 radical (unpaired) electrons. The van der Waals surface area contributed by atoms with E-state index in [0.29, 0.717) is 17.7 Å². The summed E-state index contributed by atoms with van der Waals surface area (Å²) in [6.07, 6.45) is -3.19. The van der Waals surface area contributed by atoms with E-state index in [-0.39, 0.29) is 16.4 Å². The Labute approximate surface area is 171 Å². The number of rotatable bonds is 5. The zero-order valence-corrected chi connectivity index (χ0v) is 17.2. The number of likely N-dealkylation sites (N-methyl/N-ethyl adjacent to an activating group) is 1. The Kier molecular flexibility index (Phi) is 6.64. The molecule has 29 heavy (non-hydrogen) atoms. The van der Waals surface area contributed by atoms with E-state index in [4.69, 9.17) is 16.3 Å². The van der Waals surface area contributed by atoms with Crippen molar-refractivity contribution in [3.05, 3.63) is 64.4 Å². The van der Waals surface area contributed by atoms with Crippen molar-refractivity contribution in [1.82, 2.24) is 5.32 Å². The second-order valence-electron chi connectivity index (χ2n) is 5.91. The first-order valence-electron chi connectivity index (χ1n) is 8.20. The fourth-order valence-electron chi connectivity index (χ4n) is 2.40. The Hall–Kier alpha value is -2.52. The molecule has 0 aliphatic rings. The van der Waals surface area contributed by atoms with Crippen molar-refractivity contribution in [2.24, 2.45) is 0 Å². The summed E-state index contributed by atoms with van der Waals surface area (Å²) < 4.78 is 69.5. The van der Waals surface area contributed by atoms with Gasteiger partial charge in [-0.3, -0.25) is 4.79 Å². The Morgan fingerprint density at radius 2 is 1.83 bits per heavy atom. The topological polar surface area (TPSA) is 72.5 Å². The average Bonchev–Trinajstić information content (AvgIpc) is 2.65. The highest BCUT2D eigenvalue weighted by molar-refractivity contribution is 7.91. The standard InChI is InChI=1S/C19H17ClF3NO4S/c1-4-15(18(25)24-3)28-16-7-6-13(9-11(16)2)29(26,27)17-8-5-12(10-14(17)20)19(21,22)23/h4-10H,1-3H3,(H,24,25). The lowest BCUT2D eigenvalue weighted by Crippen LogP contribution is -2.23. The highest BCUT2D eigenvalue weighted by Crippen LogP contribution is 2.36. The van der Waals surface area contributed by atoms with Crippen LogP contribution in [0.2, 0.25) is 5.02 Å². The molecular formula is C19H17ClF3NO4S. The van der Waals surface area contributed by atoms with Gasteiger partial charge in [0.25, 0.3) is 5.91 Å². The predicted octanol–water partition coefficient (Wildman–Crippen LogP) is 4.53. The largest absolute Gasteiger partial charge is 0.452 e. The number of amides is 1. The highest BCUT2D eigenvalue weighted by Gasteiger charge is 2.32. The van der Waals surface area contributed by atoms with Crippen LogP contribution in [-0.4, -0.2) is 21.4 Å². The van der Waals surface area contributed by atoms with Crippen LogP contribution < -0.4 is 10.1 Å². The molecule has 0 spiro atoms. The van der Waals surface area contributed by atoms with E-state index in [2.05, 4.69) is 5.32 Å². The van der Waals surface area contributed by atoms with E-state index in [1.807, 2.05) is 0 Å². The first-order chi connectivity index (χ1) is 13.4. The van der Waals surface area contributed by atoms with Crippen molar-refractivity contribution >= 4 is 27.3 Å². The SMILES string of the molecule is CC=C(Oc1ccc(S(=O)(=O)c2ccc(C(F)(F)F)cc2Cl)cc1C)C(=O)NC. The van der Waals surface area contributed by atoms with Crippen LogP contribution in [0.1, 0.15) is 18.1 Å². The highest BCUT2D eigenvalue weighted by atomic mass is 35.5. The van der Waals surface area contributed by atoms with Crippen LogP contribution in [0.15, 0.2) is 58.0 Å². The van der Waals surface area contributed by atoms with Gasteiger partial charge in [-0.25, -0.2) is 8.42 Å². The summed E-state index contributed by atoms with van der Waals surface area (Å²) in [6.45, 7) is 3.17. The molecule has 10 heteroatoms. The molecule has 2 aromatic rings. The minimum Gasteiger partial charge on any atom is -0.452 e. The lowest BCUT2D eigenvalue weighted by atomic mass is 10.2. The molecule has 1 N–H and O–H groups in total. The van der Waals surface area contributed by atoms with Gasteiger partial charge in [-0.2, -0.15) is 13.2 Å². The number of aryl methyl sites for hydroxylation is 1. The number of allylic oxidation sites excluding steroid dienone is 1. The predicted molar refractivity (Wildman–Crippen MR) is 102 cm³/mol. The van der Waals surface area contributed by atoms with Crippen LogP contribution in [-0.2, 0) is 20.8 Å². The fourth-order valence-corrected chi connectivity index (χ4v) is 4.28. The molecule has 2 aromatic carbocycles. The van der Waals surface area contributed by atoms with Crippen molar-refractivity contribution in [2.45, 2.75) is 29.8 Å². The van der Waals surface area contributed by atoms with Crippen LogP contribution in [0.3, 0.4) is 0 Å². The number of hydrogen-bond donors (Lipinski definition) is 1. The Morgan fingerprint density at radius 3 is 2.31 bits per heavy atom. The number of carbonyl (C=O) groups is 1. The molecule has 0 aliphatic carbocycles. The maximum Gasteiger partial charge on any atom is 0.416 e. The number of hydrogen-bond acceptors (Lipinski definition) is 4. The van der Waals surface area contributed by atoms with Gasteiger partial charge in [0.05, 0.1) is 20.4 Å². The number of benzene rings is 2. The number of alkyl halides is 3. The number of nitrogens with one attached hydrogen (secondary N) is 1. The number of ether oxygens (including phenoxy) is 1. The second kappa shape index (κ2) is 8.46. The van der Waals surface area contributed by atoms with Gasteiger partial charge in [0.15, 0.2) is 5.76 Å². The van der Waals surface area contributed by atoms with Crippen LogP contribution in [0.25, 0.3) is 0 Å². The van der Waals surface area contributed by atoms with Crippen molar-refractivity contribution in [3.8, 4) is 5.75 Å². The smallest absolute Gasteiger partial charge is 0.416 e. The van der Waals surface area contributed by atoms with Gasteiger partial charge in [0, 0.05) is 7.05 Å². The van der Waals surface area contributed by atoms with E-state index in [1.54, 1.807) is 13.8 Å². The van der Waals surface area contributed by atoms with Crippen LogP contribution in [0.4, 0.5) is 13.2 Å². The number of sulfone groups is 1. The summed E-state index contributed by atoms with van der Waals surface area (Å²) in [5.74, 6) is -0.184. The minimum absolute atomic E-state index is 0.0250. The molecule has 0 bridgehead atoms. The maximum atomic E-state index is 12.8. The summed E-state index contributed by atoms with van der Waals surface area (Å²) in [5.41, 5.74) is -0.646.